The van der Waals surface area contributed by atoms with Crippen molar-refractivity contribution >= 4 is 21.4 Å². The van der Waals surface area contributed by atoms with E-state index < -0.39 is 16.1 Å². The molecule has 0 spiro atoms. The van der Waals surface area contributed by atoms with Crippen LogP contribution in [0.15, 0.2) is 23.1 Å². The van der Waals surface area contributed by atoms with Crippen LogP contribution in [0.5, 0.6) is 0 Å². The van der Waals surface area contributed by atoms with Crippen LogP contribution in [0.4, 0.5) is 11.4 Å². The quantitative estimate of drug-likeness (QED) is 0.577. The van der Waals surface area contributed by atoms with Gasteiger partial charge in [-0.05, 0) is 18.1 Å². The molecule has 18 heavy (non-hydrogen) atoms. The van der Waals surface area contributed by atoms with E-state index in [1.165, 1.54) is 6.07 Å². The zero-order chi connectivity index (χ0) is 13.9. The molecule has 0 aliphatic heterocycles. The van der Waals surface area contributed by atoms with Crippen molar-refractivity contribution in [1.29, 1.82) is 0 Å². The van der Waals surface area contributed by atoms with Gasteiger partial charge in [0.15, 0.2) is 0 Å². The lowest BCUT2D eigenvalue weighted by molar-refractivity contribution is 0.138. The summed E-state index contributed by atoms with van der Waals surface area (Å²) in [5, 5.41) is 17.6. The lowest BCUT2D eigenvalue weighted by Crippen LogP contribution is -2.25. The van der Waals surface area contributed by atoms with Crippen molar-refractivity contribution in [2.45, 2.75) is 24.8 Å². The monoisotopic (exact) mass is 273 g/mol. The van der Waals surface area contributed by atoms with E-state index in [-0.39, 0.29) is 23.0 Å². The molecule has 0 aliphatic rings. The Morgan fingerprint density at radius 3 is 2.50 bits per heavy atom. The second kappa shape index (κ2) is 5.55. The van der Waals surface area contributed by atoms with Gasteiger partial charge >= 0.3 is 0 Å². The predicted molar refractivity (Wildman–Crippen MR) is 71.6 cm³/mol. The third-order valence-corrected chi connectivity index (χ3v) is 3.61. The number of primary sulfonamides is 1. The lowest BCUT2D eigenvalue weighted by Gasteiger charge is -2.17. The van der Waals surface area contributed by atoms with Crippen LogP contribution in [-0.4, -0.2) is 26.2 Å². The van der Waals surface area contributed by atoms with Crippen molar-refractivity contribution in [2.75, 3.05) is 17.6 Å². The molecule has 1 atom stereocenters. The van der Waals surface area contributed by atoms with E-state index in [4.69, 9.17) is 10.9 Å². The number of nitrogen functional groups attached to an aromatic ring is 1. The summed E-state index contributed by atoms with van der Waals surface area (Å²) in [6.07, 6.45) is -0.539. The van der Waals surface area contributed by atoms with Crippen LogP contribution in [0.1, 0.15) is 13.8 Å². The standard InChI is InChI=1S/C11H19N3O3S/c1-7(2)9(15)6-14-8-4-3-5-10(11(8)12)18(13,16)17/h3-5,7,9,14-15H,6,12H2,1-2H3,(H2,13,16,17). The number of para-hydroxylation sites is 1. The molecule has 6 nitrogen and oxygen atoms in total. The van der Waals surface area contributed by atoms with Crippen LogP contribution in [-0.2, 0) is 10.0 Å². The molecule has 0 fully saturated rings. The largest absolute Gasteiger partial charge is 0.396 e. The number of anilines is 2. The number of hydrogen-bond acceptors (Lipinski definition) is 5. The number of nitrogens with one attached hydrogen (secondary N) is 1. The summed E-state index contributed by atoms with van der Waals surface area (Å²) >= 11 is 0. The Morgan fingerprint density at radius 2 is 2.00 bits per heavy atom. The summed E-state index contributed by atoms with van der Waals surface area (Å²) in [7, 11) is -3.84. The highest BCUT2D eigenvalue weighted by Gasteiger charge is 2.15. The fraction of sp³-hybridized carbons (Fsp3) is 0.455. The van der Waals surface area contributed by atoms with Crippen molar-refractivity contribution in [1.82, 2.24) is 0 Å². The Balaban J connectivity index is 2.92. The molecule has 0 bridgehead atoms. The Hall–Kier alpha value is -1.31. The second-order valence-electron chi connectivity index (χ2n) is 4.45. The molecule has 6 N–H and O–H groups in total. The molecule has 1 unspecified atom stereocenters. The van der Waals surface area contributed by atoms with E-state index in [2.05, 4.69) is 5.32 Å². The van der Waals surface area contributed by atoms with Crippen molar-refractivity contribution in [3.8, 4) is 0 Å². The molecular formula is C11H19N3O3S. The first-order valence-electron chi connectivity index (χ1n) is 5.56. The van der Waals surface area contributed by atoms with E-state index >= 15 is 0 Å². The molecule has 0 aromatic heterocycles. The molecule has 0 heterocycles. The molecule has 1 aromatic rings. The van der Waals surface area contributed by atoms with Gasteiger partial charge < -0.3 is 16.2 Å². The fourth-order valence-corrected chi connectivity index (χ4v) is 2.08. The number of aliphatic hydroxyl groups is 1. The van der Waals surface area contributed by atoms with Crippen LogP contribution < -0.4 is 16.2 Å². The topological polar surface area (TPSA) is 118 Å². The summed E-state index contributed by atoms with van der Waals surface area (Å²) in [6.45, 7) is 4.06. The van der Waals surface area contributed by atoms with Crippen LogP contribution in [0, 0.1) is 5.92 Å². The van der Waals surface area contributed by atoms with Crippen molar-refractivity contribution in [3.63, 3.8) is 0 Å². The zero-order valence-corrected chi connectivity index (χ0v) is 11.2. The predicted octanol–water partition coefficient (Wildman–Crippen LogP) is 0.345. The van der Waals surface area contributed by atoms with E-state index in [0.29, 0.717) is 5.69 Å². The molecule has 0 radical (unpaired) electrons. The fourth-order valence-electron chi connectivity index (χ4n) is 1.40. The Morgan fingerprint density at radius 1 is 1.39 bits per heavy atom. The van der Waals surface area contributed by atoms with Crippen LogP contribution >= 0.6 is 0 Å². The maximum absolute atomic E-state index is 11.3. The maximum Gasteiger partial charge on any atom is 0.240 e. The minimum Gasteiger partial charge on any atom is -0.396 e. The summed E-state index contributed by atoms with van der Waals surface area (Å²) in [4.78, 5) is -0.119. The average Bonchev–Trinajstić information content (AvgIpc) is 2.25. The summed E-state index contributed by atoms with van der Waals surface area (Å²) in [5.41, 5.74) is 6.24. The van der Waals surface area contributed by atoms with E-state index in [1.807, 2.05) is 13.8 Å². The molecule has 0 saturated heterocycles. The highest BCUT2D eigenvalue weighted by atomic mass is 32.2. The number of benzene rings is 1. The number of rotatable bonds is 5. The smallest absolute Gasteiger partial charge is 0.240 e. The maximum atomic E-state index is 11.3. The number of aliphatic hydroxyl groups excluding tert-OH is 1. The first-order chi connectivity index (χ1) is 8.23. The molecule has 7 heteroatoms. The SMILES string of the molecule is CC(C)C(O)CNc1cccc(S(N)(=O)=O)c1N. The molecular weight excluding hydrogens is 254 g/mol. The van der Waals surface area contributed by atoms with Gasteiger partial charge in [-0.25, -0.2) is 13.6 Å². The summed E-state index contributed by atoms with van der Waals surface area (Å²) < 4.78 is 22.5. The van der Waals surface area contributed by atoms with Gasteiger partial charge in [0.2, 0.25) is 10.0 Å². The minimum absolute atomic E-state index is 0.0657. The molecule has 102 valence electrons. The first-order valence-corrected chi connectivity index (χ1v) is 7.11. The van der Waals surface area contributed by atoms with Crippen molar-refractivity contribution in [3.05, 3.63) is 18.2 Å². The molecule has 1 aromatic carbocycles. The van der Waals surface area contributed by atoms with Gasteiger partial charge in [-0.1, -0.05) is 19.9 Å². The van der Waals surface area contributed by atoms with Crippen LogP contribution in [0.3, 0.4) is 0 Å². The van der Waals surface area contributed by atoms with Gasteiger partial charge in [0.1, 0.15) is 4.90 Å². The normalized spacial score (nSPS) is 13.6. The molecule has 0 aliphatic carbocycles. The lowest BCUT2D eigenvalue weighted by atomic mass is 10.1. The third-order valence-electron chi connectivity index (χ3n) is 2.64. The van der Waals surface area contributed by atoms with E-state index in [1.54, 1.807) is 12.1 Å². The van der Waals surface area contributed by atoms with Gasteiger partial charge in [0.25, 0.3) is 0 Å². The van der Waals surface area contributed by atoms with Gasteiger partial charge in [0.05, 0.1) is 17.5 Å². The van der Waals surface area contributed by atoms with Crippen molar-refractivity contribution < 1.29 is 13.5 Å². The van der Waals surface area contributed by atoms with Gasteiger partial charge in [-0.15, -0.1) is 0 Å². The Bertz CT molecular complexity index is 514. The number of nitrogens with two attached hydrogens (primary N) is 2. The zero-order valence-electron chi connectivity index (χ0n) is 10.4. The summed E-state index contributed by atoms with van der Waals surface area (Å²) in [6, 6.07) is 4.52. The average molecular weight is 273 g/mol. The minimum atomic E-state index is -3.84. The Kier molecular flexibility index (Phi) is 4.55. The van der Waals surface area contributed by atoms with E-state index in [9.17, 15) is 13.5 Å². The summed E-state index contributed by atoms with van der Waals surface area (Å²) in [5.74, 6) is 0.0974. The van der Waals surface area contributed by atoms with Crippen LogP contribution in [0.2, 0.25) is 0 Å². The van der Waals surface area contributed by atoms with Gasteiger partial charge in [-0.2, -0.15) is 0 Å². The highest BCUT2D eigenvalue weighted by Crippen LogP contribution is 2.25. The third kappa shape index (κ3) is 3.59. The van der Waals surface area contributed by atoms with Gasteiger partial charge in [0, 0.05) is 6.54 Å². The Labute approximate surface area is 107 Å². The highest BCUT2D eigenvalue weighted by molar-refractivity contribution is 7.89. The second-order valence-corrected chi connectivity index (χ2v) is 5.98. The van der Waals surface area contributed by atoms with Crippen molar-refractivity contribution in [2.24, 2.45) is 11.1 Å². The van der Waals surface area contributed by atoms with Gasteiger partial charge in [-0.3, -0.25) is 0 Å². The molecule has 0 amide bonds. The number of sulfonamides is 1. The van der Waals surface area contributed by atoms with E-state index in [0.717, 1.165) is 0 Å². The number of hydrogen-bond donors (Lipinski definition) is 4. The van der Waals surface area contributed by atoms with Crippen LogP contribution in [0.25, 0.3) is 0 Å². The molecule has 0 saturated carbocycles. The molecule has 1 rings (SSSR count). The first kappa shape index (κ1) is 14.7.